The van der Waals surface area contributed by atoms with E-state index in [0.29, 0.717) is 30.0 Å². The third-order valence-electron chi connectivity index (χ3n) is 6.03. The summed E-state index contributed by atoms with van der Waals surface area (Å²) in [5.41, 5.74) is 1.06. The van der Waals surface area contributed by atoms with E-state index in [2.05, 4.69) is 6.92 Å². The lowest BCUT2D eigenvalue weighted by molar-refractivity contribution is 0.0762. The summed E-state index contributed by atoms with van der Waals surface area (Å²) in [5, 5.41) is 0. The summed E-state index contributed by atoms with van der Waals surface area (Å²) in [6, 6.07) is 15.0. The first-order valence-electron chi connectivity index (χ1n) is 11.4. The van der Waals surface area contributed by atoms with Crippen LogP contribution >= 0.6 is 0 Å². The number of para-hydroxylation sites is 1. The van der Waals surface area contributed by atoms with Gasteiger partial charge in [-0.15, -0.1) is 0 Å². The number of unbranched alkanes of at least 4 members (excludes halogenated alkanes) is 1. The van der Waals surface area contributed by atoms with Gasteiger partial charge in [-0.3, -0.25) is 18.6 Å². The minimum atomic E-state index is -4.09. The van der Waals surface area contributed by atoms with Gasteiger partial charge in [-0.05, 0) is 50.6 Å². The maximum atomic E-state index is 13.5. The second kappa shape index (κ2) is 10.3. The summed E-state index contributed by atoms with van der Waals surface area (Å²) in [6.45, 7) is 6.81. The Morgan fingerprint density at radius 3 is 2.32 bits per heavy atom. The highest BCUT2D eigenvalue weighted by molar-refractivity contribution is 7.92. The normalized spacial score (nSPS) is 11.4. The summed E-state index contributed by atoms with van der Waals surface area (Å²) in [7, 11) is -1.02. The maximum Gasteiger partial charge on any atom is 0.296 e. The molecule has 34 heavy (non-hydrogen) atoms. The molecule has 0 aliphatic heterocycles. The Bertz CT molecular complexity index is 1330. The van der Waals surface area contributed by atoms with Crippen LogP contribution in [0.1, 0.15) is 42.7 Å². The summed E-state index contributed by atoms with van der Waals surface area (Å²) < 4.78 is 31.1. The number of carbonyl (C=O) groups is 1. The molecule has 0 fully saturated rings. The summed E-state index contributed by atoms with van der Waals surface area (Å²) in [6.07, 6.45) is 1.83. The molecule has 3 aromatic rings. The molecule has 8 nitrogen and oxygen atoms in total. The molecule has 3 rings (SSSR count). The van der Waals surface area contributed by atoms with Crippen LogP contribution in [-0.4, -0.2) is 48.7 Å². The van der Waals surface area contributed by atoms with Gasteiger partial charge in [0.15, 0.2) is 0 Å². The third kappa shape index (κ3) is 4.65. The molecular formula is C25H32N4O4S. The van der Waals surface area contributed by atoms with Crippen molar-refractivity contribution in [2.45, 2.75) is 38.5 Å². The van der Waals surface area contributed by atoms with Crippen molar-refractivity contribution in [1.82, 2.24) is 14.3 Å². The van der Waals surface area contributed by atoms with E-state index in [0.717, 1.165) is 17.1 Å². The number of nitrogens with zero attached hydrogens (tertiary/aromatic N) is 4. The first-order chi connectivity index (χ1) is 16.1. The highest BCUT2D eigenvalue weighted by Gasteiger charge is 2.29. The molecule has 0 unspecified atom stereocenters. The Morgan fingerprint density at radius 1 is 1.03 bits per heavy atom. The predicted octanol–water partition coefficient (Wildman–Crippen LogP) is 3.57. The van der Waals surface area contributed by atoms with Crippen molar-refractivity contribution in [2.24, 2.45) is 7.05 Å². The molecule has 0 atom stereocenters. The number of rotatable bonds is 9. The molecule has 0 N–H and O–H groups in total. The standard InChI is InChI=1S/C25H32N4O4S/c1-6-8-17-28(7-2)24(30)20-13-12-16-22(18-20)34(32,33)27(5)23-19(3)26(4)29(25(23)31)21-14-10-9-11-15-21/h9-16,18H,6-8,17H2,1-5H3. The van der Waals surface area contributed by atoms with Crippen LogP contribution in [0.25, 0.3) is 5.69 Å². The molecule has 0 aliphatic rings. The van der Waals surface area contributed by atoms with Crippen molar-refractivity contribution in [3.8, 4) is 5.69 Å². The van der Waals surface area contributed by atoms with E-state index in [-0.39, 0.29) is 16.5 Å². The van der Waals surface area contributed by atoms with Gasteiger partial charge < -0.3 is 4.90 Å². The molecular weight excluding hydrogens is 452 g/mol. The molecule has 1 aromatic heterocycles. The molecule has 0 bridgehead atoms. The van der Waals surface area contributed by atoms with Crippen LogP contribution in [0.4, 0.5) is 5.69 Å². The van der Waals surface area contributed by atoms with Gasteiger partial charge in [-0.1, -0.05) is 37.6 Å². The minimum absolute atomic E-state index is 0.0405. The number of aromatic nitrogens is 2. The van der Waals surface area contributed by atoms with Crippen molar-refractivity contribution in [3.63, 3.8) is 0 Å². The molecule has 182 valence electrons. The van der Waals surface area contributed by atoms with E-state index in [9.17, 15) is 18.0 Å². The number of hydrogen-bond donors (Lipinski definition) is 0. The molecule has 0 aliphatic carbocycles. The fourth-order valence-corrected chi connectivity index (χ4v) is 5.21. The Labute approximate surface area is 201 Å². The Kier molecular flexibility index (Phi) is 7.66. The zero-order valence-corrected chi connectivity index (χ0v) is 21.2. The molecule has 0 saturated carbocycles. The average molecular weight is 485 g/mol. The number of hydrogen-bond acceptors (Lipinski definition) is 4. The van der Waals surface area contributed by atoms with Gasteiger partial charge in [-0.2, -0.15) is 0 Å². The first kappa shape index (κ1) is 25.3. The van der Waals surface area contributed by atoms with Gasteiger partial charge in [-0.25, -0.2) is 13.1 Å². The SMILES string of the molecule is CCCCN(CC)C(=O)c1cccc(S(=O)(=O)N(C)c2c(C)n(C)n(-c3ccccc3)c2=O)c1. The molecule has 1 amide bonds. The lowest BCUT2D eigenvalue weighted by Crippen LogP contribution is -2.33. The lowest BCUT2D eigenvalue weighted by atomic mass is 10.2. The minimum Gasteiger partial charge on any atom is -0.339 e. The quantitative estimate of drug-likeness (QED) is 0.465. The Balaban J connectivity index is 2.02. The summed E-state index contributed by atoms with van der Waals surface area (Å²) in [4.78, 5) is 28.0. The van der Waals surface area contributed by atoms with Crippen LogP contribution < -0.4 is 9.86 Å². The van der Waals surface area contributed by atoms with Gasteiger partial charge in [0.1, 0.15) is 5.69 Å². The number of amides is 1. The van der Waals surface area contributed by atoms with Crippen molar-refractivity contribution in [1.29, 1.82) is 0 Å². The number of sulfonamides is 1. The summed E-state index contributed by atoms with van der Waals surface area (Å²) >= 11 is 0. The number of benzene rings is 2. The van der Waals surface area contributed by atoms with Gasteiger partial charge in [0.2, 0.25) is 0 Å². The number of anilines is 1. The fourth-order valence-electron chi connectivity index (χ4n) is 3.92. The zero-order valence-electron chi connectivity index (χ0n) is 20.4. The van der Waals surface area contributed by atoms with Gasteiger partial charge in [0.25, 0.3) is 21.5 Å². The highest BCUT2D eigenvalue weighted by atomic mass is 32.2. The van der Waals surface area contributed by atoms with E-state index >= 15 is 0 Å². The molecule has 0 radical (unpaired) electrons. The van der Waals surface area contributed by atoms with Crippen LogP contribution in [0.15, 0.2) is 64.3 Å². The fraction of sp³-hybridized carbons (Fsp3) is 0.360. The van der Waals surface area contributed by atoms with E-state index < -0.39 is 15.6 Å². The van der Waals surface area contributed by atoms with E-state index in [1.807, 2.05) is 25.1 Å². The van der Waals surface area contributed by atoms with Gasteiger partial charge in [0, 0.05) is 32.7 Å². The van der Waals surface area contributed by atoms with Crippen LogP contribution in [-0.2, 0) is 17.1 Å². The molecule has 1 heterocycles. The topological polar surface area (TPSA) is 84.6 Å². The molecule has 0 spiro atoms. The smallest absolute Gasteiger partial charge is 0.296 e. The Morgan fingerprint density at radius 2 is 1.71 bits per heavy atom. The average Bonchev–Trinajstić information content (AvgIpc) is 3.07. The van der Waals surface area contributed by atoms with E-state index in [1.54, 1.807) is 47.8 Å². The third-order valence-corrected chi connectivity index (χ3v) is 7.78. The molecule has 2 aromatic carbocycles. The predicted molar refractivity (Wildman–Crippen MR) is 134 cm³/mol. The summed E-state index contributed by atoms with van der Waals surface area (Å²) in [5.74, 6) is -0.210. The maximum absolute atomic E-state index is 13.5. The highest BCUT2D eigenvalue weighted by Crippen LogP contribution is 2.24. The molecule has 0 saturated heterocycles. The van der Waals surface area contributed by atoms with Crippen LogP contribution in [0.5, 0.6) is 0 Å². The second-order valence-corrected chi connectivity index (χ2v) is 10.1. The van der Waals surface area contributed by atoms with Crippen molar-refractivity contribution >= 4 is 21.6 Å². The first-order valence-corrected chi connectivity index (χ1v) is 12.8. The van der Waals surface area contributed by atoms with Gasteiger partial charge in [0.05, 0.1) is 16.3 Å². The van der Waals surface area contributed by atoms with Crippen LogP contribution in [0.2, 0.25) is 0 Å². The zero-order chi connectivity index (χ0) is 25.0. The lowest BCUT2D eigenvalue weighted by Gasteiger charge is -2.22. The second-order valence-electron chi connectivity index (χ2n) is 8.15. The van der Waals surface area contributed by atoms with Crippen molar-refractivity contribution < 1.29 is 13.2 Å². The Hall–Kier alpha value is -3.33. The number of carbonyl (C=O) groups excluding carboxylic acids is 1. The van der Waals surface area contributed by atoms with Gasteiger partial charge >= 0.3 is 0 Å². The van der Waals surface area contributed by atoms with E-state index in [4.69, 9.17) is 0 Å². The molecule has 9 heteroatoms. The van der Waals surface area contributed by atoms with Crippen molar-refractivity contribution in [2.75, 3.05) is 24.4 Å². The monoisotopic (exact) mass is 484 g/mol. The largest absolute Gasteiger partial charge is 0.339 e. The van der Waals surface area contributed by atoms with Crippen LogP contribution in [0.3, 0.4) is 0 Å². The van der Waals surface area contributed by atoms with E-state index in [1.165, 1.54) is 23.9 Å². The van der Waals surface area contributed by atoms with Crippen LogP contribution in [0, 0.1) is 6.92 Å². The van der Waals surface area contributed by atoms with Crippen molar-refractivity contribution in [3.05, 3.63) is 76.2 Å².